The first-order valence-corrected chi connectivity index (χ1v) is 8.65. The highest BCUT2D eigenvalue weighted by Crippen LogP contribution is 2.42. The molecule has 1 aliphatic heterocycles. The van der Waals surface area contributed by atoms with Gasteiger partial charge in [-0.05, 0) is 38.1 Å². The van der Waals surface area contributed by atoms with Crippen molar-refractivity contribution in [1.82, 2.24) is 4.31 Å². The summed E-state index contributed by atoms with van der Waals surface area (Å²) in [6, 6.07) is 4.83. The summed E-state index contributed by atoms with van der Waals surface area (Å²) in [7, 11) is -2.36. The zero-order valence-electron chi connectivity index (χ0n) is 11.9. The SMILES string of the molecule is COc1ccc(S(=O)(=O)N2CSC(C)(C)[C@@H]2C(=O)O)cc1. The van der Waals surface area contributed by atoms with Gasteiger partial charge in [0.15, 0.2) is 0 Å². The minimum absolute atomic E-state index is 0.0628. The Morgan fingerprint density at radius 2 is 1.95 bits per heavy atom. The quantitative estimate of drug-likeness (QED) is 0.902. The summed E-state index contributed by atoms with van der Waals surface area (Å²) in [5, 5.41) is 9.37. The second-order valence-electron chi connectivity index (χ2n) is 5.19. The van der Waals surface area contributed by atoms with E-state index >= 15 is 0 Å². The topological polar surface area (TPSA) is 83.9 Å². The molecule has 1 aromatic carbocycles. The second-order valence-corrected chi connectivity index (χ2v) is 8.67. The Kier molecular flexibility index (Phi) is 4.23. The third-order valence-electron chi connectivity index (χ3n) is 3.41. The van der Waals surface area contributed by atoms with Crippen LogP contribution in [0.5, 0.6) is 5.75 Å². The molecular formula is C13H17NO5S2. The number of rotatable bonds is 4. The van der Waals surface area contributed by atoms with Crippen LogP contribution in [-0.2, 0) is 14.8 Å². The van der Waals surface area contributed by atoms with Gasteiger partial charge in [0.25, 0.3) is 0 Å². The first kappa shape index (κ1) is 16.1. The zero-order chi connectivity index (χ0) is 15.8. The number of carboxylic acids is 1. The molecule has 0 aromatic heterocycles. The fraction of sp³-hybridized carbons (Fsp3) is 0.462. The molecule has 0 aliphatic carbocycles. The van der Waals surface area contributed by atoms with E-state index in [2.05, 4.69) is 0 Å². The standard InChI is InChI=1S/C13H17NO5S2/c1-13(2)11(12(15)16)14(8-20-13)21(17,18)10-6-4-9(19-3)5-7-10/h4-7,11H,8H2,1-3H3,(H,15,16)/t11-/m0/s1. The van der Waals surface area contributed by atoms with E-state index in [4.69, 9.17) is 4.74 Å². The highest BCUT2D eigenvalue weighted by atomic mass is 32.2. The summed E-state index contributed by atoms with van der Waals surface area (Å²) in [5.41, 5.74) is 0. The fourth-order valence-electron chi connectivity index (χ4n) is 2.24. The number of hydrogen-bond donors (Lipinski definition) is 1. The zero-order valence-corrected chi connectivity index (χ0v) is 13.6. The minimum Gasteiger partial charge on any atom is -0.497 e. The average Bonchev–Trinajstić information content (AvgIpc) is 2.75. The van der Waals surface area contributed by atoms with E-state index in [1.807, 2.05) is 0 Å². The molecule has 0 bridgehead atoms. The number of carbonyl (C=O) groups is 1. The molecule has 0 radical (unpaired) electrons. The monoisotopic (exact) mass is 331 g/mol. The van der Waals surface area contributed by atoms with Crippen LogP contribution in [0.2, 0.25) is 0 Å². The van der Waals surface area contributed by atoms with Gasteiger partial charge in [-0.15, -0.1) is 11.8 Å². The first-order chi connectivity index (χ1) is 9.70. The highest BCUT2D eigenvalue weighted by molar-refractivity contribution is 8.02. The van der Waals surface area contributed by atoms with E-state index in [-0.39, 0.29) is 10.8 Å². The smallest absolute Gasteiger partial charge is 0.323 e. The lowest BCUT2D eigenvalue weighted by molar-refractivity contribution is -0.141. The van der Waals surface area contributed by atoms with Crippen molar-refractivity contribution in [3.05, 3.63) is 24.3 Å². The molecule has 1 heterocycles. The molecule has 1 aromatic rings. The lowest BCUT2D eigenvalue weighted by atomic mass is 10.0. The highest BCUT2D eigenvalue weighted by Gasteiger charge is 2.51. The van der Waals surface area contributed by atoms with Crippen LogP contribution in [-0.4, -0.2) is 47.6 Å². The van der Waals surface area contributed by atoms with Gasteiger partial charge in [-0.25, -0.2) is 8.42 Å². The summed E-state index contributed by atoms with van der Waals surface area (Å²) >= 11 is 1.31. The third kappa shape index (κ3) is 2.88. The van der Waals surface area contributed by atoms with Crippen LogP contribution in [0.15, 0.2) is 29.2 Å². The van der Waals surface area contributed by atoms with Crippen molar-refractivity contribution in [3.63, 3.8) is 0 Å². The van der Waals surface area contributed by atoms with Gasteiger partial charge in [0.05, 0.1) is 17.9 Å². The largest absolute Gasteiger partial charge is 0.497 e. The maximum absolute atomic E-state index is 12.6. The van der Waals surface area contributed by atoms with Crippen LogP contribution < -0.4 is 4.74 Å². The van der Waals surface area contributed by atoms with Crippen molar-refractivity contribution in [2.75, 3.05) is 13.0 Å². The molecule has 8 heteroatoms. The van der Waals surface area contributed by atoms with Crippen LogP contribution in [0.4, 0.5) is 0 Å². The van der Waals surface area contributed by atoms with Crippen molar-refractivity contribution in [3.8, 4) is 5.75 Å². The molecule has 2 rings (SSSR count). The summed E-state index contributed by atoms with van der Waals surface area (Å²) in [4.78, 5) is 11.5. The number of benzene rings is 1. The van der Waals surface area contributed by atoms with Gasteiger partial charge in [0.1, 0.15) is 11.8 Å². The van der Waals surface area contributed by atoms with Gasteiger partial charge in [-0.3, -0.25) is 4.79 Å². The molecule has 6 nitrogen and oxygen atoms in total. The van der Waals surface area contributed by atoms with E-state index in [0.29, 0.717) is 5.75 Å². The van der Waals surface area contributed by atoms with E-state index in [1.165, 1.54) is 43.1 Å². The van der Waals surface area contributed by atoms with Gasteiger partial charge < -0.3 is 9.84 Å². The van der Waals surface area contributed by atoms with E-state index < -0.39 is 26.8 Å². The number of nitrogens with zero attached hydrogens (tertiary/aromatic N) is 1. The van der Waals surface area contributed by atoms with Gasteiger partial charge >= 0.3 is 5.97 Å². The van der Waals surface area contributed by atoms with Gasteiger partial charge in [-0.2, -0.15) is 4.31 Å². The Bertz CT molecular complexity index is 639. The Morgan fingerprint density at radius 1 is 1.38 bits per heavy atom. The molecule has 116 valence electrons. The Morgan fingerprint density at radius 3 is 2.43 bits per heavy atom. The molecule has 1 aliphatic rings. The third-order valence-corrected chi connectivity index (χ3v) is 6.77. The Hall–Kier alpha value is -1.25. The lowest BCUT2D eigenvalue weighted by Crippen LogP contribution is -2.48. The molecular weight excluding hydrogens is 314 g/mol. The summed E-state index contributed by atoms with van der Waals surface area (Å²) < 4.78 is 30.7. The first-order valence-electron chi connectivity index (χ1n) is 6.23. The van der Waals surface area contributed by atoms with E-state index in [0.717, 1.165) is 4.31 Å². The fourth-order valence-corrected chi connectivity index (χ4v) is 5.40. The van der Waals surface area contributed by atoms with Crippen molar-refractivity contribution < 1.29 is 23.1 Å². The van der Waals surface area contributed by atoms with Crippen molar-refractivity contribution in [2.45, 2.75) is 29.5 Å². The number of hydrogen-bond acceptors (Lipinski definition) is 5. The number of ether oxygens (including phenoxy) is 1. The van der Waals surface area contributed by atoms with Crippen LogP contribution in [0.1, 0.15) is 13.8 Å². The number of carboxylic acid groups (broad SMARTS) is 1. The summed E-state index contributed by atoms with van der Waals surface area (Å²) in [6.45, 7) is 3.47. The van der Waals surface area contributed by atoms with E-state index in [9.17, 15) is 18.3 Å². The van der Waals surface area contributed by atoms with E-state index in [1.54, 1.807) is 13.8 Å². The number of methoxy groups -OCH3 is 1. The van der Waals surface area contributed by atoms with Gasteiger partial charge in [0, 0.05) is 4.75 Å². The van der Waals surface area contributed by atoms with Crippen molar-refractivity contribution >= 4 is 27.8 Å². The molecule has 1 atom stereocenters. The molecule has 0 saturated carbocycles. The minimum atomic E-state index is -3.85. The molecule has 0 unspecified atom stereocenters. The molecule has 21 heavy (non-hydrogen) atoms. The molecule has 0 amide bonds. The Balaban J connectivity index is 2.41. The predicted octanol–water partition coefficient (Wildman–Crippen LogP) is 1.62. The molecule has 0 spiro atoms. The molecule has 1 saturated heterocycles. The molecule has 1 N–H and O–H groups in total. The average molecular weight is 331 g/mol. The van der Waals surface area contributed by atoms with Crippen molar-refractivity contribution in [1.29, 1.82) is 0 Å². The number of aliphatic carboxylic acids is 1. The lowest BCUT2D eigenvalue weighted by Gasteiger charge is -2.27. The maximum Gasteiger partial charge on any atom is 0.323 e. The van der Waals surface area contributed by atoms with Crippen LogP contribution >= 0.6 is 11.8 Å². The number of sulfonamides is 1. The van der Waals surface area contributed by atoms with Crippen LogP contribution in [0, 0.1) is 0 Å². The second kappa shape index (κ2) is 5.51. The van der Waals surface area contributed by atoms with Gasteiger partial charge in [0.2, 0.25) is 10.0 Å². The summed E-state index contributed by atoms with van der Waals surface area (Å²) in [6.07, 6.45) is 0. The predicted molar refractivity (Wildman–Crippen MR) is 80.0 cm³/mol. The summed E-state index contributed by atoms with van der Waals surface area (Å²) in [5.74, 6) is -0.472. The number of thioether (sulfide) groups is 1. The normalized spacial score (nSPS) is 22.1. The maximum atomic E-state index is 12.6. The van der Waals surface area contributed by atoms with Crippen molar-refractivity contribution in [2.24, 2.45) is 0 Å². The van der Waals surface area contributed by atoms with Gasteiger partial charge in [-0.1, -0.05) is 0 Å². The molecule has 1 fully saturated rings. The van der Waals surface area contributed by atoms with Crippen LogP contribution in [0.3, 0.4) is 0 Å². The van der Waals surface area contributed by atoms with Crippen LogP contribution in [0.25, 0.3) is 0 Å². The Labute approximate surface area is 128 Å².